The second-order valence-corrected chi connectivity index (χ2v) is 11.8. The van der Waals surface area contributed by atoms with Crippen molar-refractivity contribution >= 4 is 23.9 Å². The molecule has 2 aromatic carbocycles. The van der Waals surface area contributed by atoms with Crippen LogP contribution in [-0.2, 0) is 30.3 Å². The van der Waals surface area contributed by atoms with Crippen molar-refractivity contribution in [2.75, 3.05) is 19.7 Å². The molecule has 43 heavy (non-hydrogen) atoms. The average Bonchev–Trinajstić information content (AvgIpc) is 2.91. The molecule has 9 nitrogen and oxygen atoms in total. The quantitative estimate of drug-likeness (QED) is 0.206. The summed E-state index contributed by atoms with van der Waals surface area (Å²) >= 11 is 0. The van der Waals surface area contributed by atoms with Gasteiger partial charge in [-0.05, 0) is 59.1 Å². The van der Waals surface area contributed by atoms with E-state index in [-0.39, 0.29) is 26.0 Å². The molecular formula is C34H49N3O6. The van der Waals surface area contributed by atoms with E-state index in [2.05, 4.69) is 17.6 Å². The van der Waals surface area contributed by atoms with E-state index < -0.39 is 41.6 Å². The number of unbranched alkanes of at least 4 members (excludes halogenated alkanes) is 2. The van der Waals surface area contributed by atoms with E-state index in [1.165, 1.54) is 0 Å². The molecule has 2 aromatic rings. The van der Waals surface area contributed by atoms with E-state index >= 15 is 0 Å². The molecule has 0 fully saturated rings. The first-order chi connectivity index (χ1) is 20.3. The fraction of sp³-hybridized carbons (Fsp3) is 0.529. The van der Waals surface area contributed by atoms with E-state index in [1.807, 2.05) is 62.4 Å². The summed E-state index contributed by atoms with van der Waals surface area (Å²) in [5, 5.41) is 5.64. The number of hydrogen-bond acceptors (Lipinski definition) is 6. The first-order valence-corrected chi connectivity index (χ1v) is 15.2. The molecule has 9 heteroatoms. The number of benzene rings is 2. The minimum Gasteiger partial charge on any atom is -0.466 e. The summed E-state index contributed by atoms with van der Waals surface area (Å²) in [6, 6.07) is 13.2. The fourth-order valence-electron chi connectivity index (χ4n) is 4.86. The Balaban J connectivity index is 2.54. The fourth-order valence-corrected chi connectivity index (χ4v) is 4.86. The highest BCUT2D eigenvalue weighted by Gasteiger charge is 2.36. The Bertz CT molecular complexity index is 1190. The smallest absolute Gasteiger partial charge is 0.408 e. The number of esters is 1. The number of rotatable bonds is 15. The SMILES string of the molecule is CCCCCN(C(=O)C(Cc1ccccc1)NC(=O)OC(C)(C)C)C(C(=O)NCCC(=O)OCC)c1cc(C)cc(C)c1. The minimum atomic E-state index is -0.986. The third kappa shape index (κ3) is 12.5. The van der Waals surface area contributed by atoms with Gasteiger partial charge in [-0.1, -0.05) is 79.4 Å². The van der Waals surface area contributed by atoms with Crippen LogP contribution in [0.5, 0.6) is 0 Å². The molecule has 2 N–H and O–H groups in total. The molecule has 0 aliphatic carbocycles. The van der Waals surface area contributed by atoms with Gasteiger partial charge in [-0.3, -0.25) is 14.4 Å². The number of carbonyl (C=O) groups is 4. The highest BCUT2D eigenvalue weighted by Crippen LogP contribution is 2.26. The van der Waals surface area contributed by atoms with Gasteiger partial charge in [0.25, 0.3) is 0 Å². The second kappa shape index (κ2) is 17.3. The number of ether oxygens (including phenoxy) is 2. The van der Waals surface area contributed by atoms with Gasteiger partial charge in [-0.25, -0.2) is 4.79 Å². The second-order valence-electron chi connectivity index (χ2n) is 11.8. The summed E-state index contributed by atoms with van der Waals surface area (Å²) < 4.78 is 10.5. The molecule has 3 amide bonds. The van der Waals surface area contributed by atoms with Crippen molar-refractivity contribution in [1.82, 2.24) is 15.5 Å². The van der Waals surface area contributed by atoms with Crippen molar-refractivity contribution in [2.45, 2.75) is 98.3 Å². The predicted molar refractivity (Wildman–Crippen MR) is 167 cm³/mol. The molecular weight excluding hydrogens is 546 g/mol. The summed E-state index contributed by atoms with van der Waals surface area (Å²) in [6.07, 6.45) is 1.97. The van der Waals surface area contributed by atoms with E-state index in [4.69, 9.17) is 9.47 Å². The van der Waals surface area contributed by atoms with E-state index in [0.717, 1.165) is 29.5 Å². The maximum atomic E-state index is 14.5. The summed E-state index contributed by atoms with van der Waals surface area (Å²) in [5.74, 6) is -1.21. The van der Waals surface area contributed by atoms with Crippen molar-refractivity contribution in [2.24, 2.45) is 0 Å². The van der Waals surface area contributed by atoms with Crippen LogP contribution >= 0.6 is 0 Å². The lowest BCUT2D eigenvalue weighted by Crippen LogP contribution is -2.54. The summed E-state index contributed by atoms with van der Waals surface area (Å²) in [5.41, 5.74) is 2.66. The number of alkyl carbamates (subject to hydrolysis) is 1. The van der Waals surface area contributed by atoms with Crippen molar-refractivity contribution in [3.05, 3.63) is 70.8 Å². The molecule has 0 radical (unpaired) electrons. The number of amides is 3. The molecule has 2 atom stereocenters. The van der Waals surface area contributed by atoms with Crippen LogP contribution < -0.4 is 10.6 Å². The monoisotopic (exact) mass is 595 g/mol. The van der Waals surface area contributed by atoms with Crippen LogP contribution in [0, 0.1) is 13.8 Å². The first kappa shape index (κ1) is 35.3. The molecule has 0 aliphatic rings. The molecule has 0 saturated heterocycles. The molecule has 0 spiro atoms. The Labute approximate surface area is 256 Å². The normalized spacial score (nSPS) is 12.5. The Hall–Kier alpha value is -3.88. The summed E-state index contributed by atoms with van der Waals surface area (Å²) in [7, 11) is 0. The zero-order chi connectivity index (χ0) is 32.0. The molecule has 0 aliphatic heterocycles. The van der Waals surface area contributed by atoms with Gasteiger partial charge in [-0.2, -0.15) is 0 Å². The zero-order valence-electron chi connectivity index (χ0n) is 26.8. The van der Waals surface area contributed by atoms with Crippen LogP contribution in [0.2, 0.25) is 0 Å². The molecule has 0 heterocycles. The number of aryl methyl sites for hydroxylation is 2. The van der Waals surface area contributed by atoms with Crippen LogP contribution in [0.25, 0.3) is 0 Å². The topological polar surface area (TPSA) is 114 Å². The van der Waals surface area contributed by atoms with Crippen LogP contribution in [0.1, 0.15) is 88.6 Å². The molecule has 2 unspecified atom stereocenters. The van der Waals surface area contributed by atoms with Crippen LogP contribution in [0.3, 0.4) is 0 Å². The minimum absolute atomic E-state index is 0.0136. The van der Waals surface area contributed by atoms with Gasteiger partial charge in [0.2, 0.25) is 11.8 Å². The Morgan fingerprint density at radius 2 is 1.58 bits per heavy atom. The first-order valence-electron chi connectivity index (χ1n) is 15.2. The maximum absolute atomic E-state index is 14.5. The third-order valence-corrected chi connectivity index (χ3v) is 6.61. The molecule has 0 saturated carbocycles. The van der Waals surface area contributed by atoms with Gasteiger partial charge in [0.15, 0.2) is 0 Å². The Kier molecular flexibility index (Phi) is 14.2. The van der Waals surface area contributed by atoms with Crippen LogP contribution in [0.15, 0.2) is 48.5 Å². The number of carbonyl (C=O) groups excluding carboxylic acids is 4. The third-order valence-electron chi connectivity index (χ3n) is 6.61. The Morgan fingerprint density at radius 1 is 0.930 bits per heavy atom. The highest BCUT2D eigenvalue weighted by molar-refractivity contribution is 5.92. The number of nitrogens with zero attached hydrogens (tertiary/aromatic N) is 1. The zero-order valence-corrected chi connectivity index (χ0v) is 26.8. The number of hydrogen-bond donors (Lipinski definition) is 2. The van der Waals surface area contributed by atoms with Crippen molar-refractivity contribution < 1.29 is 28.7 Å². The van der Waals surface area contributed by atoms with Gasteiger partial charge in [0, 0.05) is 19.5 Å². The van der Waals surface area contributed by atoms with E-state index in [0.29, 0.717) is 18.5 Å². The lowest BCUT2D eigenvalue weighted by molar-refractivity contribution is -0.144. The largest absolute Gasteiger partial charge is 0.466 e. The van der Waals surface area contributed by atoms with Gasteiger partial charge < -0.3 is 25.0 Å². The van der Waals surface area contributed by atoms with E-state index in [1.54, 1.807) is 32.6 Å². The maximum Gasteiger partial charge on any atom is 0.408 e. The van der Waals surface area contributed by atoms with Gasteiger partial charge >= 0.3 is 12.1 Å². The predicted octanol–water partition coefficient (Wildman–Crippen LogP) is 5.57. The van der Waals surface area contributed by atoms with E-state index in [9.17, 15) is 19.2 Å². The van der Waals surface area contributed by atoms with Crippen LogP contribution in [0.4, 0.5) is 4.79 Å². The van der Waals surface area contributed by atoms with Gasteiger partial charge in [0.05, 0.1) is 13.0 Å². The average molecular weight is 596 g/mol. The summed E-state index contributed by atoms with van der Waals surface area (Å²) in [4.78, 5) is 54.9. The van der Waals surface area contributed by atoms with Crippen LogP contribution in [-0.4, -0.2) is 60.1 Å². The van der Waals surface area contributed by atoms with Crippen molar-refractivity contribution in [3.8, 4) is 0 Å². The van der Waals surface area contributed by atoms with Gasteiger partial charge in [-0.15, -0.1) is 0 Å². The lowest BCUT2D eigenvalue weighted by Gasteiger charge is -2.35. The number of nitrogens with one attached hydrogen (secondary N) is 2. The lowest BCUT2D eigenvalue weighted by atomic mass is 9.97. The van der Waals surface area contributed by atoms with Gasteiger partial charge in [0.1, 0.15) is 17.7 Å². The summed E-state index contributed by atoms with van der Waals surface area (Å²) in [6.45, 7) is 13.6. The molecule has 2 rings (SSSR count). The van der Waals surface area contributed by atoms with Crippen molar-refractivity contribution in [3.63, 3.8) is 0 Å². The van der Waals surface area contributed by atoms with Crippen molar-refractivity contribution in [1.29, 1.82) is 0 Å². The molecule has 0 bridgehead atoms. The Morgan fingerprint density at radius 3 is 2.16 bits per heavy atom. The molecule has 236 valence electrons. The highest BCUT2D eigenvalue weighted by atomic mass is 16.6. The standard InChI is InChI=1S/C34H49N3O6/c1-8-10-14-19-37(32(40)28(23-26-15-12-11-13-16-26)36-33(41)43-34(5,6)7)30(27-21-24(3)20-25(4)22-27)31(39)35-18-17-29(38)42-9-2/h11-13,15-16,20-22,28,30H,8-10,14,17-19,23H2,1-7H3,(H,35,39)(H,36,41). The molecule has 0 aromatic heterocycles.